The largest absolute Gasteiger partial charge is 0.480 e. The molecule has 4 nitrogen and oxygen atoms in total. The fraction of sp³-hybridized carbons (Fsp3) is 0.385. The highest BCUT2D eigenvalue weighted by Gasteiger charge is 2.20. The number of nitrogens with one attached hydrogen (secondary N) is 1. The van der Waals surface area contributed by atoms with E-state index in [2.05, 4.69) is 5.32 Å². The van der Waals surface area contributed by atoms with Gasteiger partial charge in [-0.3, -0.25) is 10.1 Å². The molecule has 1 aromatic rings. The number of rotatable bonds is 5. The summed E-state index contributed by atoms with van der Waals surface area (Å²) >= 11 is 0. The van der Waals surface area contributed by atoms with Crippen LogP contribution in [0.1, 0.15) is 25.0 Å². The number of halogens is 1. The van der Waals surface area contributed by atoms with Crippen molar-refractivity contribution in [3.05, 3.63) is 35.1 Å². The second-order valence-electron chi connectivity index (χ2n) is 4.36. The van der Waals surface area contributed by atoms with Crippen molar-refractivity contribution in [2.75, 3.05) is 0 Å². The molecule has 96 valence electrons. The lowest BCUT2D eigenvalue weighted by Gasteiger charge is -2.18. The molecule has 1 rings (SSSR count). The lowest BCUT2D eigenvalue weighted by Crippen LogP contribution is -2.40. The lowest BCUT2D eigenvalue weighted by molar-refractivity contribution is -0.140. The van der Waals surface area contributed by atoms with Crippen LogP contribution in [-0.2, 0) is 11.3 Å². The monoisotopic (exact) mass is 250 g/mol. The summed E-state index contributed by atoms with van der Waals surface area (Å²) in [4.78, 5) is 11.0. The minimum Gasteiger partial charge on any atom is -0.480 e. The van der Waals surface area contributed by atoms with Crippen LogP contribution in [0.5, 0.6) is 0 Å². The first-order valence-electron chi connectivity index (χ1n) is 5.60. The van der Waals surface area contributed by atoms with Gasteiger partial charge in [0.2, 0.25) is 0 Å². The number of hydrogen-bond donors (Lipinski definition) is 2. The van der Waals surface area contributed by atoms with Gasteiger partial charge in [0, 0.05) is 12.1 Å². The molecular weight excluding hydrogens is 235 g/mol. The fourth-order valence-electron chi connectivity index (χ4n) is 1.61. The van der Waals surface area contributed by atoms with Crippen LogP contribution in [0.3, 0.4) is 0 Å². The van der Waals surface area contributed by atoms with Crippen molar-refractivity contribution < 1.29 is 14.3 Å². The smallest absolute Gasteiger partial charge is 0.320 e. The number of benzene rings is 1. The molecule has 0 heterocycles. The van der Waals surface area contributed by atoms with E-state index in [0.29, 0.717) is 11.1 Å². The van der Waals surface area contributed by atoms with Crippen LogP contribution in [0.4, 0.5) is 4.39 Å². The van der Waals surface area contributed by atoms with Gasteiger partial charge in [0.15, 0.2) is 0 Å². The van der Waals surface area contributed by atoms with Gasteiger partial charge < -0.3 is 5.11 Å². The average molecular weight is 250 g/mol. The minimum atomic E-state index is -0.971. The Morgan fingerprint density at radius 3 is 2.72 bits per heavy atom. The predicted octanol–water partition coefficient (Wildman–Crippen LogP) is 1.90. The first-order valence-corrected chi connectivity index (χ1v) is 5.60. The molecule has 1 atom stereocenters. The van der Waals surface area contributed by atoms with Gasteiger partial charge in [-0.05, 0) is 24.1 Å². The standard InChI is InChI=1S/C13H15FN2O2/c1-8(2)12(13(17)18)16-7-10-5-9(6-15)3-4-11(10)14/h3-5,8,12,16H,7H2,1-2H3,(H,17,18). The Morgan fingerprint density at radius 2 is 2.22 bits per heavy atom. The summed E-state index contributed by atoms with van der Waals surface area (Å²) in [6.07, 6.45) is 0. The van der Waals surface area contributed by atoms with Crippen LogP contribution in [-0.4, -0.2) is 17.1 Å². The van der Waals surface area contributed by atoms with E-state index in [0.717, 1.165) is 0 Å². The maximum Gasteiger partial charge on any atom is 0.320 e. The van der Waals surface area contributed by atoms with E-state index >= 15 is 0 Å². The molecular formula is C13H15FN2O2. The SMILES string of the molecule is CC(C)C(NCc1cc(C#N)ccc1F)C(=O)O. The molecule has 0 spiro atoms. The number of carboxylic acid groups (broad SMARTS) is 1. The van der Waals surface area contributed by atoms with Crippen LogP contribution < -0.4 is 5.32 Å². The van der Waals surface area contributed by atoms with Gasteiger partial charge in [-0.1, -0.05) is 13.8 Å². The van der Waals surface area contributed by atoms with Gasteiger partial charge in [0.1, 0.15) is 11.9 Å². The lowest BCUT2D eigenvalue weighted by atomic mass is 10.0. The van der Waals surface area contributed by atoms with Crippen molar-refractivity contribution >= 4 is 5.97 Å². The van der Waals surface area contributed by atoms with E-state index in [1.54, 1.807) is 13.8 Å². The summed E-state index contributed by atoms with van der Waals surface area (Å²) in [5, 5.41) is 20.5. The van der Waals surface area contributed by atoms with Gasteiger partial charge in [-0.25, -0.2) is 4.39 Å². The maximum absolute atomic E-state index is 13.5. The molecule has 0 radical (unpaired) electrons. The van der Waals surface area contributed by atoms with Crippen molar-refractivity contribution in [2.24, 2.45) is 5.92 Å². The molecule has 2 N–H and O–H groups in total. The molecule has 0 aromatic heterocycles. The first kappa shape index (κ1) is 14.1. The fourth-order valence-corrected chi connectivity index (χ4v) is 1.61. The van der Waals surface area contributed by atoms with E-state index in [1.807, 2.05) is 6.07 Å². The van der Waals surface area contributed by atoms with E-state index in [9.17, 15) is 9.18 Å². The van der Waals surface area contributed by atoms with Gasteiger partial charge in [-0.2, -0.15) is 5.26 Å². The molecule has 0 aliphatic rings. The Labute approximate surface area is 105 Å². The summed E-state index contributed by atoms with van der Waals surface area (Å²) in [6.45, 7) is 3.62. The van der Waals surface area contributed by atoms with Gasteiger partial charge in [0.05, 0.1) is 11.6 Å². The van der Waals surface area contributed by atoms with E-state index in [1.165, 1.54) is 18.2 Å². The van der Waals surface area contributed by atoms with Crippen molar-refractivity contribution in [1.82, 2.24) is 5.32 Å². The highest BCUT2D eigenvalue weighted by Crippen LogP contribution is 2.11. The highest BCUT2D eigenvalue weighted by molar-refractivity contribution is 5.73. The quantitative estimate of drug-likeness (QED) is 0.837. The van der Waals surface area contributed by atoms with Gasteiger partial charge in [0.25, 0.3) is 0 Å². The molecule has 0 amide bonds. The van der Waals surface area contributed by atoms with Crippen molar-refractivity contribution in [2.45, 2.75) is 26.4 Å². The predicted molar refractivity (Wildman–Crippen MR) is 64.2 cm³/mol. The maximum atomic E-state index is 13.5. The molecule has 1 unspecified atom stereocenters. The molecule has 0 aliphatic heterocycles. The molecule has 1 aromatic carbocycles. The molecule has 5 heteroatoms. The Hall–Kier alpha value is -1.93. The Morgan fingerprint density at radius 1 is 1.56 bits per heavy atom. The number of nitriles is 1. The van der Waals surface area contributed by atoms with Gasteiger partial charge in [-0.15, -0.1) is 0 Å². The first-order chi connectivity index (χ1) is 8.45. The zero-order valence-electron chi connectivity index (χ0n) is 10.3. The van der Waals surface area contributed by atoms with Crippen molar-refractivity contribution in [3.8, 4) is 6.07 Å². The van der Waals surface area contributed by atoms with Gasteiger partial charge >= 0.3 is 5.97 Å². The second kappa shape index (κ2) is 6.12. The van der Waals surface area contributed by atoms with Crippen LogP contribution in [0.25, 0.3) is 0 Å². The van der Waals surface area contributed by atoms with E-state index in [4.69, 9.17) is 10.4 Å². The van der Waals surface area contributed by atoms with Crippen molar-refractivity contribution in [3.63, 3.8) is 0 Å². The third-order valence-corrected chi connectivity index (χ3v) is 2.62. The average Bonchev–Trinajstić information content (AvgIpc) is 2.30. The summed E-state index contributed by atoms with van der Waals surface area (Å²) < 4.78 is 13.5. The molecule has 0 saturated carbocycles. The third kappa shape index (κ3) is 3.54. The second-order valence-corrected chi connectivity index (χ2v) is 4.36. The minimum absolute atomic E-state index is 0.0799. The zero-order valence-corrected chi connectivity index (χ0v) is 10.3. The van der Waals surface area contributed by atoms with E-state index < -0.39 is 17.8 Å². The Bertz CT molecular complexity index is 480. The number of carboxylic acids is 1. The third-order valence-electron chi connectivity index (χ3n) is 2.62. The summed E-state index contributed by atoms with van der Waals surface area (Å²) in [5.41, 5.74) is 0.644. The van der Waals surface area contributed by atoms with Crippen LogP contribution in [0, 0.1) is 23.1 Å². The normalized spacial score (nSPS) is 12.2. The Balaban J connectivity index is 2.79. The highest BCUT2D eigenvalue weighted by atomic mass is 19.1. The molecule has 0 saturated heterocycles. The number of nitrogens with zero attached hydrogens (tertiary/aromatic N) is 1. The topological polar surface area (TPSA) is 73.1 Å². The number of hydrogen-bond acceptors (Lipinski definition) is 3. The molecule has 0 bridgehead atoms. The Kier molecular flexibility index (Phi) is 4.81. The number of aliphatic carboxylic acids is 1. The van der Waals surface area contributed by atoms with Crippen LogP contribution in [0.2, 0.25) is 0 Å². The summed E-state index contributed by atoms with van der Waals surface area (Å²) in [7, 11) is 0. The summed E-state index contributed by atoms with van der Waals surface area (Å²) in [6, 6.07) is 5.19. The number of carbonyl (C=O) groups is 1. The zero-order chi connectivity index (χ0) is 13.7. The van der Waals surface area contributed by atoms with E-state index in [-0.39, 0.29) is 12.5 Å². The molecule has 0 fully saturated rings. The molecule has 18 heavy (non-hydrogen) atoms. The summed E-state index contributed by atoms with van der Waals surface area (Å²) in [5.74, 6) is -1.53. The van der Waals surface area contributed by atoms with Crippen molar-refractivity contribution in [1.29, 1.82) is 5.26 Å². The van der Waals surface area contributed by atoms with Crippen LogP contribution >= 0.6 is 0 Å². The van der Waals surface area contributed by atoms with Crippen LogP contribution in [0.15, 0.2) is 18.2 Å². The molecule has 0 aliphatic carbocycles.